The molecule has 1 heterocycles. The van der Waals surface area contributed by atoms with Crippen LogP contribution in [-0.2, 0) is 27.4 Å². The second kappa shape index (κ2) is 9.99. The van der Waals surface area contributed by atoms with Crippen molar-refractivity contribution in [3.8, 4) is 0 Å². The summed E-state index contributed by atoms with van der Waals surface area (Å²) in [6, 6.07) is 9.54. The molecule has 0 spiro atoms. The van der Waals surface area contributed by atoms with E-state index in [0.717, 1.165) is 54.1 Å². The van der Waals surface area contributed by atoms with Gasteiger partial charge >= 0.3 is 6.18 Å². The van der Waals surface area contributed by atoms with Crippen LogP contribution in [0.3, 0.4) is 0 Å². The highest BCUT2D eigenvalue weighted by Crippen LogP contribution is 2.40. The molecule has 1 fully saturated rings. The minimum absolute atomic E-state index is 0.00343. The number of carbonyl (C=O) groups is 1. The normalized spacial score (nSPS) is 20.1. The molecule has 4 rings (SSSR count). The summed E-state index contributed by atoms with van der Waals surface area (Å²) in [5.41, 5.74) is 0.412. The average molecular weight is 559 g/mol. The fourth-order valence-electron chi connectivity index (χ4n) is 4.91. The quantitative estimate of drug-likeness (QED) is 0.530. The largest absolute Gasteiger partial charge is 0.417 e. The molecule has 0 saturated heterocycles. The van der Waals surface area contributed by atoms with Crippen molar-refractivity contribution in [1.82, 2.24) is 9.62 Å². The lowest BCUT2D eigenvalue weighted by molar-refractivity contribution is -0.140. The van der Waals surface area contributed by atoms with Gasteiger partial charge in [-0.3, -0.25) is 4.79 Å². The average Bonchev–Trinajstić information content (AvgIpc) is 2.82. The number of nitrogens with one attached hydrogen (secondary N) is 1. The van der Waals surface area contributed by atoms with E-state index in [0.29, 0.717) is 12.0 Å². The number of benzene rings is 2. The van der Waals surface area contributed by atoms with Gasteiger partial charge in [0.05, 0.1) is 16.5 Å². The van der Waals surface area contributed by atoms with Crippen LogP contribution in [0.4, 0.5) is 13.2 Å². The smallest absolute Gasteiger partial charge is 0.354 e. The molecule has 0 aromatic heterocycles. The van der Waals surface area contributed by atoms with Crippen molar-refractivity contribution < 1.29 is 26.4 Å². The summed E-state index contributed by atoms with van der Waals surface area (Å²) in [7, 11) is -4.52. The topological polar surface area (TPSA) is 66.5 Å². The van der Waals surface area contributed by atoms with E-state index in [1.807, 2.05) is 12.1 Å². The Kier molecular flexibility index (Phi) is 7.40. The molecule has 1 unspecified atom stereocenters. The van der Waals surface area contributed by atoms with Crippen LogP contribution >= 0.6 is 15.9 Å². The van der Waals surface area contributed by atoms with E-state index in [4.69, 9.17) is 0 Å². The van der Waals surface area contributed by atoms with Gasteiger partial charge in [0, 0.05) is 23.5 Å². The Balaban J connectivity index is 1.69. The van der Waals surface area contributed by atoms with Gasteiger partial charge in [0.25, 0.3) is 0 Å². The minimum atomic E-state index is -4.84. The zero-order valence-electron chi connectivity index (χ0n) is 18.4. The van der Waals surface area contributed by atoms with Crippen molar-refractivity contribution in [2.75, 3.05) is 13.1 Å². The molecular formula is C24H26BrF3N2O3S. The van der Waals surface area contributed by atoms with E-state index >= 15 is 0 Å². The summed E-state index contributed by atoms with van der Waals surface area (Å²) in [4.78, 5) is 12.0. The number of hydrogen-bond donors (Lipinski definition) is 1. The molecule has 2 aromatic carbocycles. The number of fused-ring (bicyclic) bond motifs is 1. The fraction of sp³-hybridized carbons (Fsp3) is 0.458. The summed E-state index contributed by atoms with van der Waals surface area (Å²) in [5.74, 6) is -0.235. The maximum absolute atomic E-state index is 13.8. The van der Waals surface area contributed by atoms with Crippen molar-refractivity contribution in [3.63, 3.8) is 0 Å². The lowest BCUT2D eigenvalue weighted by Gasteiger charge is -2.37. The van der Waals surface area contributed by atoms with Crippen LogP contribution in [0, 0.1) is 5.92 Å². The van der Waals surface area contributed by atoms with E-state index in [1.165, 1.54) is 6.07 Å². The van der Waals surface area contributed by atoms with Gasteiger partial charge in [0.1, 0.15) is 0 Å². The van der Waals surface area contributed by atoms with E-state index in [9.17, 15) is 26.4 Å². The lowest BCUT2D eigenvalue weighted by Crippen LogP contribution is -2.46. The number of halogens is 4. The SMILES string of the molecule is O=C(NCC1c2ccccc2CCN1S(=O)(=O)c1ccc(Br)cc1C(F)(F)F)C1CCCCC1. The summed E-state index contributed by atoms with van der Waals surface area (Å²) in [6.45, 7) is 0.0279. The Morgan fingerprint density at radius 3 is 2.50 bits per heavy atom. The predicted molar refractivity (Wildman–Crippen MR) is 126 cm³/mol. The molecule has 5 nitrogen and oxygen atoms in total. The van der Waals surface area contributed by atoms with Gasteiger partial charge in [0.15, 0.2) is 0 Å². The first-order chi connectivity index (χ1) is 16.1. The molecule has 1 amide bonds. The van der Waals surface area contributed by atoms with E-state index in [-0.39, 0.29) is 29.4 Å². The Labute approximate surface area is 205 Å². The number of rotatable bonds is 5. The zero-order chi connectivity index (χ0) is 24.5. The van der Waals surface area contributed by atoms with E-state index < -0.39 is 32.7 Å². The fourth-order valence-corrected chi connectivity index (χ4v) is 7.07. The predicted octanol–water partition coefficient (Wildman–Crippen LogP) is 5.45. The molecule has 34 heavy (non-hydrogen) atoms. The van der Waals surface area contributed by atoms with Gasteiger partial charge in [-0.2, -0.15) is 17.5 Å². The van der Waals surface area contributed by atoms with Crippen LogP contribution in [-0.4, -0.2) is 31.7 Å². The van der Waals surface area contributed by atoms with Crippen LogP contribution in [0.5, 0.6) is 0 Å². The molecule has 0 radical (unpaired) electrons. The Hall–Kier alpha value is -1.91. The van der Waals surface area contributed by atoms with Gasteiger partial charge in [0.2, 0.25) is 15.9 Å². The monoisotopic (exact) mass is 558 g/mol. The van der Waals surface area contributed by atoms with Crippen molar-refractivity contribution in [2.45, 2.75) is 55.6 Å². The number of carbonyl (C=O) groups excluding carboxylic acids is 1. The maximum atomic E-state index is 13.8. The number of amides is 1. The molecule has 1 aliphatic carbocycles. The lowest BCUT2D eigenvalue weighted by atomic mass is 9.88. The third kappa shape index (κ3) is 5.18. The molecule has 184 valence electrons. The van der Waals surface area contributed by atoms with Gasteiger partial charge in [-0.15, -0.1) is 0 Å². The molecule has 0 bridgehead atoms. The van der Waals surface area contributed by atoms with Crippen molar-refractivity contribution in [2.24, 2.45) is 5.92 Å². The highest BCUT2D eigenvalue weighted by molar-refractivity contribution is 9.10. The third-order valence-electron chi connectivity index (χ3n) is 6.64. The molecule has 2 aliphatic rings. The Morgan fingerprint density at radius 2 is 1.79 bits per heavy atom. The maximum Gasteiger partial charge on any atom is 0.417 e. The standard InChI is InChI=1S/C24H26BrF3N2O3S/c25-18-10-11-22(20(14-18)24(26,27)28)34(32,33)30-13-12-16-6-4-5-9-19(16)21(30)15-29-23(31)17-7-2-1-3-8-17/h4-6,9-11,14,17,21H,1-3,7-8,12-13,15H2,(H,29,31). The molecular weight excluding hydrogens is 533 g/mol. The van der Waals surface area contributed by atoms with Crippen LogP contribution in [0.1, 0.15) is 54.8 Å². The van der Waals surface area contributed by atoms with Gasteiger partial charge in [-0.1, -0.05) is 59.5 Å². The second-order valence-electron chi connectivity index (χ2n) is 8.80. The number of hydrogen-bond acceptors (Lipinski definition) is 3. The molecule has 1 saturated carbocycles. The first-order valence-electron chi connectivity index (χ1n) is 11.3. The van der Waals surface area contributed by atoms with Gasteiger partial charge in [-0.05, 0) is 48.6 Å². The summed E-state index contributed by atoms with van der Waals surface area (Å²) in [6.07, 6.45) is 0.181. The second-order valence-corrected chi connectivity index (χ2v) is 11.6. The Bertz CT molecular complexity index is 1160. The molecule has 1 aliphatic heterocycles. The Morgan fingerprint density at radius 1 is 1.09 bits per heavy atom. The van der Waals surface area contributed by atoms with Gasteiger partial charge < -0.3 is 5.32 Å². The van der Waals surface area contributed by atoms with E-state index in [1.54, 1.807) is 12.1 Å². The molecule has 1 atom stereocenters. The van der Waals surface area contributed by atoms with E-state index in [2.05, 4.69) is 21.2 Å². The first-order valence-corrected chi connectivity index (χ1v) is 13.6. The van der Waals surface area contributed by atoms with Crippen LogP contribution in [0.2, 0.25) is 0 Å². The van der Waals surface area contributed by atoms with Crippen molar-refractivity contribution in [3.05, 3.63) is 63.6 Å². The third-order valence-corrected chi connectivity index (χ3v) is 9.10. The number of nitrogens with zero attached hydrogens (tertiary/aromatic N) is 1. The van der Waals surface area contributed by atoms with Gasteiger partial charge in [-0.25, -0.2) is 8.42 Å². The summed E-state index contributed by atoms with van der Waals surface area (Å²) >= 11 is 3.01. The highest BCUT2D eigenvalue weighted by Gasteiger charge is 2.43. The van der Waals surface area contributed by atoms with Crippen molar-refractivity contribution >= 4 is 31.9 Å². The number of sulfonamides is 1. The minimum Gasteiger partial charge on any atom is -0.354 e. The highest BCUT2D eigenvalue weighted by atomic mass is 79.9. The summed E-state index contributed by atoms with van der Waals surface area (Å²) in [5, 5.41) is 2.90. The number of alkyl halides is 3. The van der Waals surface area contributed by atoms with Crippen LogP contribution < -0.4 is 5.32 Å². The summed E-state index contributed by atoms with van der Waals surface area (Å²) < 4.78 is 69.8. The first kappa shape index (κ1) is 25.2. The molecule has 10 heteroatoms. The zero-order valence-corrected chi connectivity index (χ0v) is 20.8. The molecule has 1 N–H and O–H groups in total. The molecule has 2 aromatic rings. The van der Waals surface area contributed by atoms with Crippen LogP contribution in [0.15, 0.2) is 51.8 Å². The van der Waals surface area contributed by atoms with Crippen LogP contribution in [0.25, 0.3) is 0 Å². The van der Waals surface area contributed by atoms with Crippen molar-refractivity contribution in [1.29, 1.82) is 0 Å².